The maximum Gasteiger partial charge on any atom is 0.162 e. The van der Waals surface area contributed by atoms with E-state index in [1.165, 1.54) is 59.9 Å². The summed E-state index contributed by atoms with van der Waals surface area (Å²) in [7, 11) is 0. The minimum absolute atomic E-state index is 1.01. The van der Waals surface area contributed by atoms with Crippen LogP contribution in [0.5, 0.6) is 0 Å². The largest absolute Gasteiger partial charge is 0.304 e. The Morgan fingerprint density at radius 3 is 2.27 bits per heavy atom. The fourth-order valence-corrected chi connectivity index (χ4v) is 5.53. The Kier molecular flexibility index (Phi) is 2.42. The summed E-state index contributed by atoms with van der Waals surface area (Å²) in [6, 6.07) is 30.6. The van der Waals surface area contributed by atoms with Crippen LogP contribution in [0.4, 0.5) is 0 Å². The molecule has 138 valence electrons. The third-order valence-corrected chi connectivity index (χ3v) is 6.67. The van der Waals surface area contributed by atoms with Gasteiger partial charge in [-0.05, 0) is 35.0 Å². The maximum atomic E-state index is 4.90. The standard InChI is InChI=1S/C27H15N3/c1-2-7-17-16(6-1)12-13-22-24(17)20-9-5-11-23-25(20)30(22)27-26-19(14-15-28-27)18-8-3-4-10-21(18)29(23)26/h1-15H. The van der Waals surface area contributed by atoms with Crippen molar-refractivity contribution in [3.63, 3.8) is 0 Å². The van der Waals surface area contributed by atoms with E-state index in [1.54, 1.807) is 0 Å². The highest BCUT2D eigenvalue weighted by Gasteiger charge is 2.21. The number of aromatic nitrogens is 3. The molecular formula is C27H15N3. The molecule has 3 heteroatoms. The van der Waals surface area contributed by atoms with Gasteiger partial charge in [-0.15, -0.1) is 0 Å². The second-order valence-electron chi connectivity index (χ2n) is 8.07. The number of fused-ring (bicyclic) bond motifs is 10. The number of hydrogen-bond acceptors (Lipinski definition) is 1. The van der Waals surface area contributed by atoms with Crippen LogP contribution < -0.4 is 0 Å². The van der Waals surface area contributed by atoms with E-state index in [9.17, 15) is 0 Å². The lowest BCUT2D eigenvalue weighted by Gasteiger charge is -2.10. The molecule has 0 aliphatic heterocycles. The number of pyridine rings is 1. The van der Waals surface area contributed by atoms with Crippen LogP contribution in [0.1, 0.15) is 0 Å². The normalized spacial score (nSPS) is 12.7. The molecular weight excluding hydrogens is 366 g/mol. The molecule has 30 heavy (non-hydrogen) atoms. The molecule has 0 aliphatic carbocycles. The van der Waals surface area contributed by atoms with Crippen LogP contribution in [0.2, 0.25) is 0 Å². The highest BCUT2D eigenvalue weighted by atomic mass is 15.1. The molecule has 0 aliphatic rings. The van der Waals surface area contributed by atoms with Gasteiger partial charge >= 0.3 is 0 Å². The first-order chi connectivity index (χ1) is 14.9. The average molecular weight is 381 g/mol. The summed E-state index contributed by atoms with van der Waals surface area (Å²) < 4.78 is 4.77. The van der Waals surface area contributed by atoms with Crippen molar-refractivity contribution in [2.45, 2.75) is 0 Å². The molecule has 3 nitrogen and oxygen atoms in total. The summed E-state index contributed by atoms with van der Waals surface area (Å²) in [6.45, 7) is 0. The Morgan fingerprint density at radius 2 is 1.30 bits per heavy atom. The van der Waals surface area contributed by atoms with Crippen LogP contribution in [-0.2, 0) is 0 Å². The van der Waals surface area contributed by atoms with Gasteiger partial charge in [0.2, 0.25) is 0 Å². The van der Waals surface area contributed by atoms with Gasteiger partial charge in [-0.1, -0.05) is 60.7 Å². The predicted molar refractivity (Wildman–Crippen MR) is 125 cm³/mol. The SMILES string of the molecule is c1ccc2c(c1)ccc1c2c2cccc3c2n1c1nccc2c4ccccc4n3c21. The molecule has 0 radical (unpaired) electrons. The van der Waals surface area contributed by atoms with Gasteiger partial charge in [0.25, 0.3) is 0 Å². The predicted octanol–water partition coefficient (Wildman–Crippen LogP) is 6.79. The molecule has 4 aromatic heterocycles. The Morgan fingerprint density at radius 1 is 0.500 bits per heavy atom. The lowest BCUT2D eigenvalue weighted by molar-refractivity contribution is 1.20. The molecule has 0 saturated carbocycles. The molecule has 0 amide bonds. The minimum atomic E-state index is 1.01. The van der Waals surface area contributed by atoms with E-state index in [-0.39, 0.29) is 0 Å². The lowest BCUT2D eigenvalue weighted by atomic mass is 10.0. The van der Waals surface area contributed by atoms with Crippen LogP contribution >= 0.6 is 0 Å². The van der Waals surface area contributed by atoms with Crippen molar-refractivity contribution in [2.24, 2.45) is 0 Å². The summed E-state index contributed by atoms with van der Waals surface area (Å²) in [4.78, 5) is 4.90. The number of para-hydroxylation sites is 2. The minimum Gasteiger partial charge on any atom is -0.304 e. The zero-order chi connectivity index (χ0) is 19.4. The molecule has 8 rings (SSSR count). The van der Waals surface area contributed by atoms with Crippen LogP contribution in [-0.4, -0.2) is 13.8 Å². The van der Waals surface area contributed by atoms with Crippen molar-refractivity contribution in [1.29, 1.82) is 0 Å². The Bertz CT molecular complexity index is 1950. The van der Waals surface area contributed by atoms with E-state index >= 15 is 0 Å². The number of rotatable bonds is 0. The van der Waals surface area contributed by atoms with Gasteiger partial charge < -0.3 is 4.40 Å². The third-order valence-electron chi connectivity index (χ3n) is 6.67. The smallest absolute Gasteiger partial charge is 0.162 e. The molecule has 0 unspecified atom stereocenters. The van der Waals surface area contributed by atoms with Gasteiger partial charge in [-0.3, -0.25) is 4.40 Å². The number of hydrogen-bond donors (Lipinski definition) is 0. The highest BCUT2D eigenvalue weighted by Crippen LogP contribution is 2.41. The fraction of sp³-hybridized carbons (Fsp3) is 0. The van der Waals surface area contributed by atoms with Gasteiger partial charge in [-0.2, -0.15) is 0 Å². The molecule has 4 aromatic carbocycles. The Balaban J connectivity index is 1.84. The van der Waals surface area contributed by atoms with Crippen molar-refractivity contribution < 1.29 is 0 Å². The zero-order valence-corrected chi connectivity index (χ0v) is 16.0. The summed E-state index contributed by atoms with van der Waals surface area (Å²) >= 11 is 0. The zero-order valence-electron chi connectivity index (χ0n) is 16.0. The molecule has 0 N–H and O–H groups in total. The first-order valence-electron chi connectivity index (χ1n) is 10.3. The molecule has 0 bridgehead atoms. The highest BCUT2D eigenvalue weighted by molar-refractivity contribution is 6.26. The molecule has 0 atom stereocenters. The van der Waals surface area contributed by atoms with Crippen LogP contribution in [0, 0.1) is 0 Å². The fourth-order valence-electron chi connectivity index (χ4n) is 5.53. The summed E-state index contributed by atoms with van der Waals surface area (Å²) in [6.07, 6.45) is 1.95. The summed E-state index contributed by atoms with van der Waals surface area (Å²) in [5.74, 6) is 0. The van der Waals surface area contributed by atoms with Gasteiger partial charge in [0.15, 0.2) is 5.65 Å². The van der Waals surface area contributed by atoms with Crippen LogP contribution in [0.25, 0.3) is 65.5 Å². The molecule has 0 fully saturated rings. The summed E-state index contributed by atoms with van der Waals surface area (Å²) in [5, 5.41) is 7.67. The Hall–Kier alpha value is -4.11. The van der Waals surface area contributed by atoms with Crippen LogP contribution in [0.15, 0.2) is 91.1 Å². The van der Waals surface area contributed by atoms with Crippen molar-refractivity contribution in [3.8, 4) is 0 Å². The van der Waals surface area contributed by atoms with E-state index in [4.69, 9.17) is 4.98 Å². The van der Waals surface area contributed by atoms with E-state index in [2.05, 4.69) is 93.7 Å². The van der Waals surface area contributed by atoms with E-state index < -0.39 is 0 Å². The Labute approximate surface area is 170 Å². The van der Waals surface area contributed by atoms with E-state index in [0.29, 0.717) is 0 Å². The number of nitrogens with zero attached hydrogens (tertiary/aromatic N) is 3. The molecule has 0 saturated heterocycles. The van der Waals surface area contributed by atoms with Gasteiger partial charge in [0.05, 0.1) is 27.6 Å². The quantitative estimate of drug-likeness (QED) is 0.265. The first kappa shape index (κ1) is 14.8. The monoisotopic (exact) mass is 381 g/mol. The van der Waals surface area contributed by atoms with Crippen molar-refractivity contribution in [1.82, 2.24) is 13.8 Å². The van der Waals surface area contributed by atoms with Gasteiger partial charge in [0.1, 0.15) is 0 Å². The van der Waals surface area contributed by atoms with Crippen molar-refractivity contribution >= 4 is 65.5 Å². The van der Waals surface area contributed by atoms with Crippen LogP contribution in [0.3, 0.4) is 0 Å². The second kappa shape index (κ2) is 4.89. The van der Waals surface area contributed by atoms with Gasteiger partial charge in [-0.25, -0.2) is 4.98 Å². The molecule has 8 aromatic rings. The number of benzene rings is 4. The maximum absolute atomic E-state index is 4.90. The van der Waals surface area contributed by atoms with E-state index in [1.807, 2.05) is 6.20 Å². The molecule has 4 heterocycles. The first-order valence-corrected chi connectivity index (χ1v) is 10.3. The lowest BCUT2D eigenvalue weighted by Crippen LogP contribution is -1.98. The topological polar surface area (TPSA) is 21.7 Å². The van der Waals surface area contributed by atoms with Gasteiger partial charge in [0, 0.05) is 27.7 Å². The van der Waals surface area contributed by atoms with E-state index in [0.717, 1.165) is 5.65 Å². The average Bonchev–Trinajstić information content (AvgIpc) is 3.33. The molecule has 0 spiro atoms. The van der Waals surface area contributed by atoms with Crippen molar-refractivity contribution in [3.05, 3.63) is 91.1 Å². The van der Waals surface area contributed by atoms with Crippen molar-refractivity contribution in [2.75, 3.05) is 0 Å². The third kappa shape index (κ3) is 1.52. The summed E-state index contributed by atoms with van der Waals surface area (Å²) in [5.41, 5.74) is 7.10. The second-order valence-corrected chi connectivity index (χ2v) is 8.07.